The largest absolute Gasteiger partial charge is 0.419 e. The van der Waals surface area contributed by atoms with Gasteiger partial charge in [-0.2, -0.15) is 0 Å². The second-order valence-electron chi connectivity index (χ2n) is 4.93. The van der Waals surface area contributed by atoms with Crippen molar-refractivity contribution in [2.45, 2.75) is 32.9 Å². The lowest BCUT2D eigenvalue weighted by Crippen LogP contribution is -2.46. The average Bonchev–Trinajstić information content (AvgIpc) is 2.24. The summed E-state index contributed by atoms with van der Waals surface area (Å²) in [4.78, 5) is 23.9. The molecule has 0 saturated heterocycles. The van der Waals surface area contributed by atoms with E-state index in [0.717, 1.165) is 5.56 Å². The molecule has 0 aromatic heterocycles. The number of hydrogen-bond donors (Lipinski definition) is 1. The van der Waals surface area contributed by atoms with Gasteiger partial charge in [0.25, 0.3) is 0 Å². The topological polar surface area (TPSA) is 72.6 Å². The minimum Gasteiger partial charge on any atom is -0.359 e. The second-order valence-corrected chi connectivity index (χ2v) is 4.93. The smallest absolute Gasteiger partial charge is 0.359 e. The third-order valence-electron chi connectivity index (χ3n) is 2.40. The molecule has 0 bridgehead atoms. The zero-order valence-electron chi connectivity index (χ0n) is 10.8. The minimum absolute atomic E-state index is 0.358. The average molecular weight is 250 g/mol. The van der Waals surface area contributed by atoms with Gasteiger partial charge in [0.1, 0.15) is 0 Å². The van der Waals surface area contributed by atoms with Crippen LogP contribution in [0.2, 0.25) is 0 Å². The van der Waals surface area contributed by atoms with Crippen LogP contribution in [0.15, 0.2) is 30.3 Å². The number of primary amides is 1. The van der Waals surface area contributed by atoms with Crippen LogP contribution < -0.4 is 5.73 Å². The number of rotatable bonds is 2. The first kappa shape index (κ1) is 14.0. The van der Waals surface area contributed by atoms with Crippen molar-refractivity contribution in [2.24, 2.45) is 5.73 Å². The van der Waals surface area contributed by atoms with Crippen molar-refractivity contribution in [3.8, 4) is 0 Å². The van der Waals surface area contributed by atoms with E-state index in [1.54, 1.807) is 0 Å². The predicted octanol–water partition coefficient (Wildman–Crippen LogP) is 2.50. The summed E-state index contributed by atoms with van der Waals surface area (Å²) in [6, 6.07) is 9.46. The Kier molecular flexibility index (Phi) is 4.31. The SMILES string of the molecule is CC(C)(C)N(Cc1ccccc1)C(=O)OC(N)=O. The van der Waals surface area contributed by atoms with Crippen molar-refractivity contribution >= 4 is 12.2 Å². The Labute approximate surface area is 107 Å². The second kappa shape index (κ2) is 5.53. The summed E-state index contributed by atoms with van der Waals surface area (Å²) in [6.45, 7) is 5.94. The Balaban J connectivity index is 2.86. The Hall–Kier alpha value is -2.04. The Morgan fingerprint density at radius 2 is 1.78 bits per heavy atom. The van der Waals surface area contributed by atoms with Crippen molar-refractivity contribution in [1.29, 1.82) is 0 Å². The van der Waals surface area contributed by atoms with Crippen LogP contribution in [0.1, 0.15) is 26.3 Å². The van der Waals surface area contributed by atoms with Crippen molar-refractivity contribution in [3.05, 3.63) is 35.9 Å². The fourth-order valence-electron chi connectivity index (χ4n) is 1.48. The zero-order chi connectivity index (χ0) is 13.8. The molecule has 2 N–H and O–H groups in total. The highest BCUT2D eigenvalue weighted by atomic mass is 16.6. The van der Waals surface area contributed by atoms with E-state index in [-0.39, 0.29) is 0 Å². The zero-order valence-corrected chi connectivity index (χ0v) is 10.8. The Morgan fingerprint density at radius 1 is 1.22 bits per heavy atom. The Morgan fingerprint density at radius 3 is 2.22 bits per heavy atom. The number of nitrogens with zero attached hydrogens (tertiary/aromatic N) is 1. The molecule has 0 atom stereocenters. The van der Waals surface area contributed by atoms with Crippen LogP contribution in [0.5, 0.6) is 0 Å². The van der Waals surface area contributed by atoms with Crippen LogP contribution in [0.25, 0.3) is 0 Å². The van der Waals surface area contributed by atoms with Crippen molar-refractivity contribution < 1.29 is 14.3 Å². The van der Waals surface area contributed by atoms with Crippen LogP contribution in [0, 0.1) is 0 Å². The van der Waals surface area contributed by atoms with E-state index in [2.05, 4.69) is 4.74 Å². The summed E-state index contributed by atoms with van der Waals surface area (Å²) in [5, 5.41) is 0. The molecule has 2 amide bonds. The normalized spacial score (nSPS) is 10.8. The van der Waals surface area contributed by atoms with E-state index in [1.165, 1.54) is 4.90 Å². The van der Waals surface area contributed by atoms with Gasteiger partial charge in [-0.3, -0.25) is 4.90 Å². The van der Waals surface area contributed by atoms with E-state index in [0.29, 0.717) is 6.54 Å². The van der Waals surface area contributed by atoms with Gasteiger partial charge in [-0.1, -0.05) is 30.3 Å². The summed E-state index contributed by atoms with van der Waals surface area (Å²) in [6.07, 6.45) is -1.83. The number of hydrogen-bond acceptors (Lipinski definition) is 3. The molecule has 0 fully saturated rings. The molecule has 0 heterocycles. The molecule has 1 aromatic carbocycles. The van der Waals surface area contributed by atoms with Gasteiger partial charge in [0.05, 0.1) is 0 Å². The number of carbonyl (C=O) groups excluding carboxylic acids is 2. The predicted molar refractivity (Wildman–Crippen MR) is 67.8 cm³/mol. The molecule has 0 aliphatic heterocycles. The summed E-state index contributed by atoms with van der Waals surface area (Å²) < 4.78 is 4.44. The first-order chi connectivity index (χ1) is 8.30. The van der Waals surface area contributed by atoms with Crippen molar-refractivity contribution in [1.82, 2.24) is 4.90 Å². The van der Waals surface area contributed by atoms with Gasteiger partial charge in [-0.25, -0.2) is 9.59 Å². The summed E-state index contributed by atoms with van der Waals surface area (Å²) >= 11 is 0. The summed E-state index contributed by atoms with van der Waals surface area (Å²) in [5.41, 5.74) is 5.34. The summed E-state index contributed by atoms with van der Waals surface area (Å²) in [5.74, 6) is 0. The molecular weight excluding hydrogens is 232 g/mol. The maximum Gasteiger partial charge on any atom is 0.419 e. The minimum atomic E-state index is -1.10. The fourth-order valence-corrected chi connectivity index (χ4v) is 1.48. The van der Waals surface area contributed by atoms with Gasteiger partial charge in [0.15, 0.2) is 0 Å². The monoisotopic (exact) mass is 250 g/mol. The highest BCUT2D eigenvalue weighted by Crippen LogP contribution is 2.18. The number of carbonyl (C=O) groups is 2. The lowest BCUT2D eigenvalue weighted by molar-refractivity contribution is 0.0835. The van der Waals surface area contributed by atoms with Gasteiger partial charge in [0.2, 0.25) is 0 Å². The molecule has 0 aliphatic carbocycles. The highest BCUT2D eigenvalue weighted by molar-refractivity contribution is 5.82. The van der Waals surface area contributed by atoms with E-state index in [9.17, 15) is 9.59 Å². The molecule has 1 aromatic rings. The van der Waals surface area contributed by atoms with Crippen LogP contribution in [-0.4, -0.2) is 22.6 Å². The van der Waals surface area contributed by atoms with Crippen LogP contribution >= 0.6 is 0 Å². The van der Waals surface area contributed by atoms with E-state index < -0.39 is 17.7 Å². The van der Waals surface area contributed by atoms with Crippen molar-refractivity contribution in [3.63, 3.8) is 0 Å². The van der Waals surface area contributed by atoms with E-state index >= 15 is 0 Å². The number of ether oxygens (including phenoxy) is 1. The van der Waals surface area contributed by atoms with Crippen LogP contribution in [-0.2, 0) is 11.3 Å². The van der Waals surface area contributed by atoms with Gasteiger partial charge < -0.3 is 10.5 Å². The van der Waals surface area contributed by atoms with Gasteiger partial charge in [0, 0.05) is 12.1 Å². The van der Waals surface area contributed by atoms with Gasteiger partial charge >= 0.3 is 12.2 Å². The van der Waals surface area contributed by atoms with Gasteiger partial charge in [-0.05, 0) is 26.3 Å². The van der Waals surface area contributed by atoms with Crippen molar-refractivity contribution in [2.75, 3.05) is 0 Å². The first-order valence-electron chi connectivity index (χ1n) is 5.63. The molecule has 98 valence electrons. The quantitative estimate of drug-likeness (QED) is 0.819. The molecule has 0 spiro atoms. The van der Waals surface area contributed by atoms with E-state index in [4.69, 9.17) is 5.73 Å². The lowest BCUT2D eigenvalue weighted by Gasteiger charge is -2.34. The molecule has 18 heavy (non-hydrogen) atoms. The molecular formula is C13H18N2O3. The fraction of sp³-hybridized carbons (Fsp3) is 0.385. The number of benzene rings is 1. The first-order valence-corrected chi connectivity index (χ1v) is 5.63. The molecule has 0 aliphatic rings. The van der Waals surface area contributed by atoms with E-state index in [1.807, 2.05) is 51.1 Å². The molecule has 5 heteroatoms. The van der Waals surface area contributed by atoms with Crippen LogP contribution in [0.3, 0.4) is 0 Å². The maximum atomic E-state index is 11.8. The third kappa shape index (κ3) is 4.08. The molecule has 5 nitrogen and oxygen atoms in total. The summed E-state index contributed by atoms with van der Waals surface area (Å²) in [7, 11) is 0. The molecule has 0 saturated carbocycles. The van der Waals surface area contributed by atoms with Crippen LogP contribution in [0.4, 0.5) is 9.59 Å². The van der Waals surface area contributed by atoms with Gasteiger partial charge in [-0.15, -0.1) is 0 Å². The molecule has 0 radical (unpaired) electrons. The maximum absolute atomic E-state index is 11.8. The molecule has 0 unspecified atom stereocenters. The number of amides is 2. The number of nitrogens with two attached hydrogens (primary N) is 1. The Bertz CT molecular complexity index is 424. The third-order valence-corrected chi connectivity index (χ3v) is 2.40. The lowest BCUT2D eigenvalue weighted by atomic mass is 10.1. The molecule has 1 rings (SSSR count). The standard InChI is InChI=1S/C13H18N2O3/c1-13(2,3)15(12(17)18-11(14)16)9-10-7-5-4-6-8-10/h4-8H,9H2,1-3H3,(H2,14,16). The highest BCUT2D eigenvalue weighted by Gasteiger charge is 2.28.